The maximum absolute atomic E-state index is 14.6. The van der Waals surface area contributed by atoms with E-state index in [9.17, 15) is 9.18 Å². The third-order valence-corrected chi connectivity index (χ3v) is 4.90. The number of rotatable bonds is 4. The van der Waals surface area contributed by atoms with Crippen LogP contribution < -0.4 is 10.6 Å². The molecule has 1 amide bonds. The van der Waals surface area contributed by atoms with E-state index in [4.69, 9.17) is 0 Å². The maximum Gasteiger partial charge on any atom is 0.251 e. The van der Waals surface area contributed by atoms with E-state index in [0.29, 0.717) is 22.1 Å². The van der Waals surface area contributed by atoms with Crippen molar-refractivity contribution in [1.82, 2.24) is 19.7 Å². The Bertz CT molecular complexity index is 1130. The summed E-state index contributed by atoms with van der Waals surface area (Å²) in [6.45, 7) is 1.84. The molecule has 0 aliphatic carbocycles. The zero-order chi connectivity index (χ0) is 19.0. The highest BCUT2D eigenvalue weighted by Crippen LogP contribution is 2.33. The average Bonchev–Trinajstić information content (AvgIpc) is 3.19. The van der Waals surface area contributed by atoms with Crippen molar-refractivity contribution in [3.8, 4) is 11.4 Å². The van der Waals surface area contributed by atoms with Crippen molar-refractivity contribution >= 4 is 33.7 Å². The van der Waals surface area contributed by atoms with Gasteiger partial charge in [-0.1, -0.05) is 17.4 Å². The molecule has 0 unspecified atom stereocenters. The lowest BCUT2D eigenvalue weighted by Gasteiger charge is -2.04. The van der Waals surface area contributed by atoms with E-state index in [1.165, 1.54) is 0 Å². The van der Waals surface area contributed by atoms with Crippen LogP contribution in [0.3, 0.4) is 0 Å². The highest BCUT2D eigenvalue weighted by atomic mass is 32.1. The second kappa shape index (κ2) is 6.81. The van der Waals surface area contributed by atoms with Gasteiger partial charge in [0.1, 0.15) is 11.3 Å². The van der Waals surface area contributed by atoms with Crippen molar-refractivity contribution in [3.05, 3.63) is 65.0 Å². The quantitative estimate of drug-likeness (QED) is 0.560. The summed E-state index contributed by atoms with van der Waals surface area (Å²) < 4.78 is 16.5. The number of carbonyl (C=O) groups excluding carboxylic acids is 1. The van der Waals surface area contributed by atoms with E-state index in [-0.39, 0.29) is 16.7 Å². The van der Waals surface area contributed by atoms with Crippen molar-refractivity contribution < 1.29 is 9.18 Å². The van der Waals surface area contributed by atoms with Crippen LogP contribution in [0.15, 0.2) is 48.7 Å². The van der Waals surface area contributed by atoms with Crippen LogP contribution in [0, 0.1) is 12.1 Å². The van der Waals surface area contributed by atoms with Crippen molar-refractivity contribution in [3.63, 3.8) is 0 Å². The van der Waals surface area contributed by atoms with Gasteiger partial charge in [0, 0.05) is 24.5 Å². The molecule has 3 aromatic heterocycles. The SMILES string of the molecule is CNC(=O)c1ccc(Nc2nc(-c3c(C)nc4ccccn34)c(F)s2)cc1. The number of hydrogen-bond acceptors (Lipinski definition) is 5. The summed E-state index contributed by atoms with van der Waals surface area (Å²) in [5.74, 6) is -0.160. The molecule has 4 rings (SSSR count). The van der Waals surface area contributed by atoms with Crippen LogP contribution in [-0.2, 0) is 0 Å². The molecule has 2 N–H and O–H groups in total. The van der Waals surface area contributed by atoms with Crippen molar-refractivity contribution in [2.45, 2.75) is 6.92 Å². The second-order valence-electron chi connectivity index (χ2n) is 5.90. The molecule has 8 heteroatoms. The number of aromatic nitrogens is 3. The molecule has 0 bridgehead atoms. The van der Waals surface area contributed by atoms with Crippen LogP contribution in [0.2, 0.25) is 0 Å². The predicted octanol–water partition coefficient (Wildman–Crippen LogP) is 4.01. The number of imidazole rings is 1. The molecule has 0 atom stereocenters. The van der Waals surface area contributed by atoms with E-state index in [2.05, 4.69) is 20.6 Å². The monoisotopic (exact) mass is 381 g/mol. The number of hydrogen-bond donors (Lipinski definition) is 2. The first-order valence-electron chi connectivity index (χ1n) is 8.26. The number of benzene rings is 1. The van der Waals surface area contributed by atoms with E-state index in [1.54, 1.807) is 31.3 Å². The lowest BCUT2D eigenvalue weighted by Crippen LogP contribution is -2.17. The number of thiazole rings is 1. The van der Waals surface area contributed by atoms with Gasteiger partial charge in [-0.2, -0.15) is 4.39 Å². The molecule has 27 heavy (non-hydrogen) atoms. The molecular weight excluding hydrogens is 365 g/mol. The Morgan fingerprint density at radius 3 is 2.67 bits per heavy atom. The molecule has 0 radical (unpaired) electrons. The molecule has 3 heterocycles. The van der Waals surface area contributed by atoms with Crippen LogP contribution in [0.1, 0.15) is 16.1 Å². The van der Waals surface area contributed by atoms with Gasteiger partial charge in [-0.25, -0.2) is 9.97 Å². The smallest absolute Gasteiger partial charge is 0.251 e. The van der Waals surface area contributed by atoms with Crippen LogP contribution in [0.5, 0.6) is 0 Å². The van der Waals surface area contributed by atoms with E-state index in [1.807, 2.05) is 35.7 Å². The topological polar surface area (TPSA) is 71.3 Å². The van der Waals surface area contributed by atoms with Gasteiger partial charge in [0.05, 0.1) is 11.4 Å². The fourth-order valence-corrected chi connectivity index (χ4v) is 3.59. The number of carbonyl (C=O) groups is 1. The zero-order valence-electron chi connectivity index (χ0n) is 14.7. The molecule has 0 spiro atoms. The number of nitrogens with one attached hydrogen (secondary N) is 2. The molecule has 4 aromatic rings. The molecule has 136 valence electrons. The Morgan fingerprint density at radius 2 is 1.93 bits per heavy atom. The van der Waals surface area contributed by atoms with Crippen LogP contribution in [-0.4, -0.2) is 27.3 Å². The Kier molecular flexibility index (Phi) is 4.33. The van der Waals surface area contributed by atoms with Crippen LogP contribution >= 0.6 is 11.3 Å². The minimum Gasteiger partial charge on any atom is -0.355 e. The first-order valence-corrected chi connectivity index (χ1v) is 9.08. The molecule has 0 saturated carbocycles. The van der Waals surface area contributed by atoms with Gasteiger partial charge in [-0.05, 0) is 43.3 Å². The third kappa shape index (κ3) is 3.15. The molecule has 0 fully saturated rings. The molecule has 1 aromatic carbocycles. The molecule has 6 nitrogen and oxygen atoms in total. The minimum atomic E-state index is -0.381. The number of pyridine rings is 1. The van der Waals surface area contributed by atoms with Gasteiger partial charge >= 0.3 is 0 Å². The fourth-order valence-electron chi connectivity index (χ4n) is 2.87. The lowest BCUT2D eigenvalue weighted by molar-refractivity contribution is 0.0963. The number of aryl methyl sites for hydroxylation is 1. The zero-order valence-corrected chi connectivity index (χ0v) is 15.5. The van der Waals surface area contributed by atoms with E-state index >= 15 is 0 Å². The molecule has 0 aliphatic heterocycles. The first kappa shape index (κ1) is 17.2. The number of amides is 1. The van der Waals surface area contributed by atoms with Crippen molar-refractivity contribution in [1.29, 1.82) is 0 Å². The summed E-state index contributed by atoms with van der Waals surface area (Å²) in [5.41, 5.74) is 3.64. The summed E-state index contributed by atoms with van der Waals surface area (Å²) in [4.78, 5) is 20.5. The number of anilines is 2. The Labute approximate surface area is 158 Å². The third-order valence-electron chi connectivity index (χ3n) is 4.14. The fraction of sp³-hybridized carbons (Fsp3) is 0.105. The van der Waals surface area contributed by atoms with Gasteiger partial charge in [0.15, 0.2) is 5.13 Å². The van der Waals surface area contributed by atoms with Crippen molar-refractivity contribution in [2.75, 3.05) is 12.4 Å². The normalized spacial score (nSPS) is 10.9. The first-order chi connectivity index (χ1) is 13.1. The Balaban J connectivity index is 1.65. The van der Waals surface area contributed by atoms with Gasteiger partial charge in [0.25, 0.3) is 5.91 Å². The Morgan fingerprint density at radius 1 is 1.15 bits per heavy atom. The van der Waals surface area contributed by atoms with Crippen LogP contribution in [0.25, 0.3) is 17.0 Å². The minimum absolute atomic E-state index is 0.160. The number of fused-ring (bicyclic) bond motifs is 1. The standard InChI is InChI=1S/C19H16FN5OS/c1-11-16(25-10-4-3-5-14(25)22-11)15-17(20)27-19(24-15)23-13-8-6-12(7-9-13)18(26)21-2/h3-10H,1-2H3,(H,21,26)(H,23,24). The summed E-state index contributed by atoms with van der Waals surface area (Å²) in [5, 5.41) is 5.70. The van der Waals surface area contributed by atoms with E-state index < -0.39 is 0 Å². The highest BCUT2D eigenvalue weighted by Gasteiger charge is 2.19. The predicted molar refractivity (Wildman–Crippen MR) is 104 cm³/mol. The Hall–Kier alpha value is -3.26. The summed E-state index contributed by atoms with van der Waals surface area (Å²) in [6, 6.07) is 12.5. The van der Waals surface area contributed by atoms with Gasteiger partial charge in [-0.3, -0.25) is 9.20 Å². The number of halogens is 1. The summed E-state index contributed by atoms with van der Waals surface area (Å²) in [7, 11) is 1.58. The van der Waals surface area contributed by atoms with Gasteiger partial charge in [-0.15, -0.1) is 0 Å². The van der Waals surface area contributed by atoms with E-state index in [0.717, 1.165) is 22.7 Å². The van der Waals surface area contributed by atoms with Gasteiger partial charge in [0.2, 0.25) is 5.13 Å². The molecule has 0 saturated heterocycles. The average molecular weight is 381 g/mol. The number of nitrogens with zero attached hydrogens (tertiary/aromatic N) is 3. The lowest BCUT2D eigenvalue weighted by atomic mass is 10.2. The highest BCUT2D eigenvalue weighted by molar-refractivity contribution is 7.14. The summed E-state index contributed by atoms with van der Waals surface area (Å²) in [6.07, 6.45) is 1.84. The maximum atomic E-state index is 14.6. The molecular formula is C19H16FN5OS. The molecule has 0 aliphatic rings. The van der Waals surface area contributed by atoms with Gasteiger partial charge < -0.3 is 10.6 Å². The largest absolute Gasteiger partial charge is 0.355 e. The van der Waals surface area contributed by atoms with Crippen molar-refractivity contribution in [2.24, 2.45) is 0 Å². The van der Waals surface area contributed by atoms with Crippen LogP contribution in [0.4, 0.5) is 15.2 Å². The second-order valence-corrected chi connectivity index (χ2v) is 6.85. The summed E-state index contributed by atoms with van der Waals surface area (Å²) >= 11 is 0.930.